The number of aromatic nitrogens is 3. The first-order valence-electron chi connectivity index (χ1n) is 6.51. The first-order chi connectivity index (χ1) is 10.2. The smallest absolute Gasteiger partial charge is 0.180 e. The number of hydrogen-bond acceptors (Lipinski definition) is 3. The van der Waals surface area contributed by atoms with Crippen LogP contribution in [0.4, 0.5) is 5.82 Å². The van der Waals surface area contributed by atoms with Gasteiger partial charge in [-0.25, -0.2) is 9.97 Å². The Balaban J connectivity index is 2.13. The van der Waals surface area contributed by atoms with Crippen molar-refractivity contribution >= 4 is 34.1 Å². The number of benzene rings is 2. The number of imidazole rings is 1. The van der Waals surface area contributed by atoms with Crippen molar-refractivity contribution in [1.82, 2.24) is 14.4 Å². The number of halogens is 1. The molecule has 102 valence electrons. The van der Waals surface area contributed by atoms with Crippen LogP contribution in [0.5, 0.6) is 0 Å². The molecule has 0 atom stereocenters. The van der Waals surface area contributed by atoms with Gasteiger partial charge in [0.2, 0.25) is 0 Å². The zero-order valence-corrected chi connectivity index (χ0v) is 11.7. The van der Waals surface area contributed by atoms with E-state index in [9.17, 15) is 0 Å². The Bertz CT molecular complexity index is 957. The summed E-state index contributed by atoms with van der Waals surface area (Å²) in [5.74, 6) is 0.425. The zero-order chi connectivity index (χ0) is 14.4. The number of hydrogen-bond donors (Lipinski definition) is 1. The van der Waals surface area contributed by atoms with Gasteiger partial charge in [-0.15, -0.1) is 0 Å². The normalized spacial score (nSPS) is 11.3. The molecule has 21 heavy (non-hydrogen) atoms. The minimum absolute atomic E-state index is 0.425. The number of fused-ring (bicyclic) bond motifs is 3. The van der Waals surface area contributed by atoms with Crippen LogP contribution in [0.2, 0.25) is 5.02 Å². The number of nitrogens with two attached hydrogens (primary N) is 1. The molecule has 2 aromatic heterocycles. The topological polar surface area (TPSA) is 56.2 Å². The maximum atomic E-state index is 6.02. The summed E-state index contributed by atoms with van der Waals surface area (Å²) >= 11 is 5.96. The molecule has 4 nitrogen and oxygen atoms in total. The first-order valence-corrected chi connectivity index (χ1v) is 6.89. The molecule has 0 amide bonds. The number of anilines is 1. The van der Waals surface area contributed by atoms with E-state index in [1.807, 2.05) is 59.1 Å². The fraction of sp³-hybridized carbons (Fsp3) is 0. The molecule has 0 aliphatic heterocycles. The van der Waals surface area contributed by atoms with Crippen LogP contribution >= 0.6 is 11.6 Å². The maximum Gasteiger partial charge on any atom is 0.180 e. The number of nitrogen functional groups attached to an aromatic ring is 1. The van der Waals surface area contributed by atoms with Gasteiger partial charge in [0, 0.05) is 10.6 Å². The van der Waals surface area contributed by atoms with E-state index in [1.54, 1.807) is 0 Å². The Hall–Kier alpha value is -2.59. The van der Waals surface area contributed by atoms with Gasteiger partial charge in [-0.1, -0.05) is 35.9 Å². The largest absolute Gasteiger partial charge is 0.381 e. The summed E-state index contributed by atoms with van der Waals surface area (Å²) in [7, 11) is 0. The third-order valence-electron chi connectivity index (χ3n) is 3.49. The first kappa shape index (κ1) is 12.2. The summed E-state index contributed by atoms with van der Waals surface area (Å²) in [4.78, 5) is 8.81. The molecule has 4 aromatic rings. The molecule has 2 N–H and O–H groups in total. The molecule has 0 fully saturated rings. The number of nitrogens with zero attached hydrogens (tertiary/aromatic N) is 3. The van der Waals surface area contributed by atoms with Crippen LogP contribution in [0.25, 0.3) is 27.9 Å². The van der Waals surface area contributed by atoms with Crippen LogP contribution in [0, 0.1) is 0 Å². The van der Waals surface area contributed by atoms with Crippen LogP contribution in [-0.2, 0) is 0 Å². The monoisotopic (exact) mass is 294 g/mol. The quantitative estimate of drug-likeness (QED) is 0.581. The van der Waals surface area contributed by atoms with Gasteiger partial charge < -0.3 is 5.73 Å². The molecular formula is C16H11ClN4. The highest BCUT2D eigenvalue weighted by Crippen LogP contribution is 2.27. The van der Waals surface area contributed by atoms with Crippen molar-refractivity contribution in [2.24, 2.45) is 0 Å². The van der Waals surface area contributed by atoms with E-state index >= 15 is 0 Å². The van der Waals surface area contributed by atoms with E-state index in [0.29, 0.717) is 16.5 Å². The van der Waals surface area contributed by atoms with Crippen molar-refractivity contribution in [3.8, 4) is 11.3 Å². The van der Waals surface area contributed by atoms with Crippen LogP contribution in [0.1, 0.15) is 0 Å². The van der Waals surface area contributed by atoms with Crippen molar-refractivity contribution < 1.29 is 0 Å². The Morgan fingerprint density at radius 1 is 1.00 bits per heavy atom. The number of rotatable bonds is 1. The lowest BCUT2D eigenvalue weighted by molar-refractivity contribution is 1.22. The summed E-state index contributed by atoms with van der Waals surface area (Å²) in [6, 6.07) is 15.5. The molecule has 0 saturated heterocycles. The van der Waals surface area contributed by atoms with Gasteiger partial charge in [-0.2, -0.15) is 0 Å². The van der Waals surface area contributed by atoms with E-state index in [-0.39, 0.29) is 0 Å². The predicted molar refractivity (Wildman–Crippen MR) is 85.4 cm³/mol. The van der Waals surface area contributed by atoms with Crippen molar-refractivity contribution in [1.29, 1.82) is 0 Å². The standard InChI is InChI=1S/C16H11ClN4/c17-11-7-5-10(6-8-11)14-9-19-16-15(18)20-12-3-1-2-4-13(12)21(14)16/h1-9H,(H2,18,20). The molecule has 0 saturated carbocycles. The molecule has 0 bridgehead atoms. The summed E-state index contributed by atoms with van der Waals surface area (Å²) in [5.41, 5.74) is 10.5. The van der Waals surface area contributed by atoms with Crippen LogP contribution < -0.4 is 5.73 Å². The van der Waals surface area contributed by atoms with Crippen LogP contribution in [-0.4, -0.2) is 14.4 Å². The maximum absolute atomic E-state index is 6.02. The summed E-state index contributed by atoms with van der Waals surface area (Å²) in [6.45, 7) is 0. The zero-order valence-electron chi connectivity index (χ0n) is 11.0. The molecule has 0 unspecified atom stereocenters. The van der Waals surface area contributed by atoms with E-state index in [2.05, 4.69) is 9.97 Å². The third kappa shape index (κ3) is 1.84. The van der Waals surface area contributed by atoms with Gasteiger partial charge in [0.25, 0.3) is 0 Å². The third-order valence-corrected chi connectivity index (χ3v) is 3.75. The summed E-state index contributed by atoms with van der Waals surface area (Å²) in [5, 5.41) is 0.707. The highest BCUT2D eigenvalue weighted by atomic mass is 35.5. The molecule has 0 radical (unpaired) electrons. The van der Waals surface area contributed by atoms with Crippen molar-refractivity contribution in [2.45, 2.75) is 0 Å². The van der Waals surface area contributed by atoms with E-state index in [1.165, 1.54) is 0 Å². The molecule has 0 spiro atoms. The summed E-state index contributed by atoms with van der Waals surface area (Å²) in [6.07, 6.45) is 1.81. The second-order valence-electron chi connectivity index (χ2n) is 4.80. The van der Waals surface area contributed by atoms with Gasteiger partial charge in [0.1, 0.15) is 0 Å². The van der Waals surface area contributed by atoms with Gasteiger partial charge in [-0.3, -0.25) is 4.40 Å². The summed E-state index contributed by atoms with van der Waals surface area (Å²) < 4.78 is 2.03. The average molecular weight is 295 g/mol. The van der Waals surface area contributed by atoms with Crippen molar-refractivity contribution in [3.63, 3.8) is 0 Å². The Labute approximate surface area is 125 Å². The second kappa shape index (κ2) is 4.46. The highest BCUT2D eigenvalue weighted by molar-refractivity contribution is 6.30. The Morgan fingerprint density at radius 2 is 1.76 bits per heavy atom. The van der Waals surface area contributed by atoms with Gasteiger partial charge in [-0.05, 0) is 24.3 Å². The van der Waals surface area contributed by atoms with Gasteiger partial charge >= 0.3 is 0 Å². The SMILES string of the molecule is Nc1nc2ccccc2n2c(-c3ccc(Cl)cc3)cnc12. The average Bonchev–Trinajstić information content (AvgIpc) is 2.94. The van der Waals surface area contributed by atoms with Gasteiger partial charge in [0.05, 0.1) is 22.9 Å². The predicted octanol–water partition coefficient (Wildman–Crippen LogP) is 3.79. The van der Waals surface area contributed by atoms with Crippen molar-refractivity contribution in [2.75, 3.05) is 5.73 Å². The van der Waals surface area contributed by atoms with Crippen LogP contribution in [0.15, 0.2) is 54.7 Å². The van der Waals surface area contributed by atoms with E-state index in [0.717, 1.165) is 22.3 Å². The lowest BCUT2D eigenvalue weighted by atomic mass is 10.1. The minimum Gasteiger partial charge on any atom is -0.381 e. The Morgan fingerprint density at radius 3 is 2.57 bits per heavy atom. The highest BCUT2D eigenvalue weighted by Gasteiger charge is 2.12. The minimum atomic E-state index is 0.425. The second-order valence-corrected chi connectivity index (χ2v) is 5.23. The molecule has 2 heterocycles. The Kier molecular flexibility index (Phi) is 2.59. The molecule has 0 aliphatic carbocycles. The molecular weight excluding hydrogens is 284 g/mol. The molecule has 4 rings (SSSR count). The fourth-order valence-corrected chi connectivity index (χ4v) is 2.65. The lowest BCUT2D eigenvalue weighted by Gasteiger charge is -2.07. The van der Waals surface area contributed by atoms with Crippen molar-refractivity contribution in [3.05, 3.63) is 59.8 Å². The van der Waals surface area contributed by atoms with E-state index in [4.69, 9.17) is 17.3 Å². The lowest BCUT2D eigenvalue weighted by Crippen LogP contribution is -1.99. The number of para-hydroxylation sites is 2. The molecule has 2 aromatic carbocycles. The van der Waals surface area contributed by atoms with Crippen LogP contribution in [0.3, 0.4) is 0 Å². The van der Waals surface area contributed by atoms with E-state index < -0.39 is 0 Å². The fourth-order valence-electron chi connectivity index (χ4n) is 2.53. The molecule has 5 heteroatoms. The van der Waals surface area contributed by atoms with Gasteiger partial charge in [0.15, 0.2) is 11.5 Å². The molecule has 0 aliphatic rings.